The summed E-state index contributed by atoms with van der Waals surface area (Å²) < 4.78 is 28.3. The van der Waals surface area contributed by atoms with E-state index >= 15 is 0 Å². The van der Waals surface area contributed by atoms with Crippen LogP contribution in [0.2, 0.25) is 0 Å². The summed E-state index contributed by atoms with van der Waals surface area (Å²) >= 11 is 0. The van der Waals surface area contributed by atoms with E-state index in [4.69, 9.17) is 0 Å². The first-order valence-electron chi connectivity index (χ1n) is 6.72. The van der Waals surface area contributed by atoms with Gasteiger partial charge in [0, 0.05) is 51.9 Å². The first-order chi connectivity index (χ1) is 8.55. The number of piperazine rings is 2. The highest BCUT2D eigenvalue weighted by molar-refractivity contribution is 7.86. The SMILES string of the molecule is CCC1CN(S(=O)(=O)N2CCNCC2)CCN1C. The van der Waals surface area contributed by atoms with Crippen LogP contribution in [0.1, 0.15) is 13.3 Å². The number of nitrogens with one attached hydrogen (secondary N) is 1. The molecular formula is C11H24N4O2S. The van der Waals surface area contributed by atoms with E-state index in [0.29, 0.717) is 32.2 Å². The predicted octanol–water partition coefficient (Wildman–Crippen LogP) is -0.838. The molecule has 0 amide bonds. The van der Waals surface area contributed by atoms with E-state index in [2.05, 4.69) is 24.2 Å². The van der Waals surface area contributed by atoms with E-state index < -0.39 is 10.2 Å². The summed E-state index contributed by atoms with van der Waals surface area (Å²) in [5.41, 5.74) is 0. The summed E-state index contributed by atoms with van der Waals surface area (Å²) in [4.78, 5) is 2.25. The largest absolute Gasteiger partial charge is 0.314 e. The van der Waals surface area contributed by atoms with Crippen LogP contribution in [0.25, 0.3) is 0 Å². The van der Waals surface area contributed by atoms with Gasteiger partial charge in [0.15, 0.2) is 0 Å². The molecule has 6 nitrogen and oxygen atoms in total. The summed E-state index contributed by atoms with van der Waals surface area (Å²) in [5.74, 6) is 0. The second-order valence-corrected chi connectivity index (χ2v) is 6.99. The number of nitrogens with zero attached hydrogens (tertiary/aromatic N) is 3. The lowest BCUT2D eigenvalue weighted by Crippen LogP contribution is -2.58. The van der Waals surface area contributed by atoms with Crippen molar-refractivity contribution in [2.45, 2.75) is 19.4 Å². The lowest BCUT2D eigenvalue weighted by atomic mass is 10.1. The Bertz CT molecular complexity index is 367. The van der Waals surface area contributed by atoms with Crippen LogP contribution in [0, 0.1) is 0 Å². The molecule has 0 saturated carbocycles. The summed E-state index contributed by atoms with van der Waals surface area (Å²) in [5, 5.41) is 3.18. The minimum Gasteiger partial charge on any atom is -0.314 e. The average molecular weight is 276 g/mol. The topological polar surface area (TPSA) is 55.9 Å². The Morgan fingerprint density at radius 3 is 2.39 bits per heavy atom. The van der Waals surface area contributed by atoms with Gasteiger partial charge in [0.2, 0.25) is 0 Å². The Morgan fingerprint density at radius 2 is 1.78 bits per heavy atom. The van der Waals surface area contributed by atoms with Crippen molar-refractivity contribution in [1.29, 1.82) is 0 Å². The quantitative estimate of drug-likeness (QED) is 0.730. The number of hydrogen-bond acceptors (Lipinski definition) is 4. The third kappa shape index (κ3) is 2.85. The van der Waals surface area contributed by atoms with Crippen LogP contribution in [0.15, 0.2) is 0 Å². The third-order valence-electron chi connectivity index (χ3n) is 3.94. The highest BCUT2D eigenvalue weighted by Crippen LogP contribution is 2.17. The van der Waals surface area contributed by atoms with Gasteiger partial charge in [-0.15, -0.1) is 0 Å². The molecule has 0 aromatic heterocycles. The van der Waals surface area contributed by atoms with Gasteiger partial charge >= 0.3 is 0 Å². The van der Waals surface area contributed by atoms with Crippen LogP contribution in [0.4, 0.5) is 0 Å². The molecule has 0 spiro atoms. The maximum Gasteiger partial charge on any atom is 0.282 e. The molecule has 106 valence electrons. The molecule has 0 aromatic carbocycles. The summed E-state index contributed by atoms with van der Waals surface area (Å²) in [6.07, 6.45) is 0.990. The smallest absolute Gasteiger partial charge is 0.282 e. The van der Waals surface area contributed by atoms with E-state index in [1.807, 2.05) is 0 Å². The average Bonchev–Trinajstić information content (AvgIpc) is 2.40. The van der Waals surface area contributed by atoms with Crippen molar-refractivity contribution in [3.8, 4) is 0 Å². The zero-order chi connectivity index (χ0) is 13.2. The zero-order valence-electron chi connectivity index (χ0n) is 11.3. The van der Waals surface area contributed by atoms with E-state index in [-0.39, 0.29) is 0 Å². The van der Waals surface area contributed by atoms with Crippen molar-refractivity contribution in [2.24, 2.45) is 0 Å². The molecule has 1 N–H and O–H groups in total. The second kappa shape index (κ2) is 5.83. The molecule has 2 saturated heterocycles. The molecule has 2 heterocycles. The predicted molar refractivity (Wildman–Crippen MR) is 71.6 cm³/mol. The Kier molecular flexibility index (Phi) is 4.60. The Hall–Kier alpha value is -0.210. The van der Waals surface area contributed by atoms with Gasteiger partial charge in [-0.1, -0.05) is 6.92 Å². The van der Waals surface area contributed by atoms with Gasteiger partial charge in [0.25, 0.3) is 10.2 Å². The van der Waals surface area contributed by atoms with Gasteiger partial charge in [-0.3, -0.25) is 0 Å². The van der Waals surface area contributed by atoms with Crippen LogP contribution < -0.4 is 5.32 Å². The van der Waals surface area contributed by atoms with Crippen molar-refractivity contribution in [2.75, 3.05) is 52.9 Å². The van der Waals surface area contributed by atoms with Crippen molar-refractivity contribution in [3.05, 3.63) is 0 Å². The molecular weight excluding hydrogens is 252 g/mol. The normalized spacial score (nSPS) is 29.6. The minimum atomic E-state index is -3.25. The van der Waals surface area contributed by atoms with Crippen LogP contribution >= 0.6 is 0 Å². The highest BCUT2D eigenvalue weighted by Gasteiger charge is 2.35. The molecule has 0 aromatic rings. The first-order valence-corrected chi connectivity index (χ1v) is 8.11. The molecule has 2 rings (SSSR count). The second-order valence-electron chi connectivity index (χ2n) is 5.06. The van der Waals surface area contributed by atoms with Crippen molar-refractivity contribution in [3.63, 3.8) is 0 Å². The minimum absolute atomic E-state index is 0.344. The van der Waals surface area contributed by atoms with E-state index in [0.717, 1.165) is 26.1 Å². The lowest BCUT2D eigenvalue weighted by molar-refractivity contribution is 0.138. The maximum atomic E-state index is 12.5. The van der Waals surface area contributed by atoms with E-state index in [1.54, 1.807) is 8.61 Å². The molecule has 7 heteroatoms. The molecule has 1 atom stereocenters. The molecule has 1 unspecified atom stereocenters. The van der Waals surface area contributed by atoms with Crippen LogP contribution in [-0.2, 0) is 10.2 Å². The zero-order valence-corrected chi connectivity index (χ0v) is 12.1. The number of hydrogen-bond donors (Lipinski definition) is 1. The maximum absolute atomic E-state index is 12.5. The number of likely N-dealkylation sites (N-methyl/N-ethyl adjacent to an activating group) is 1. The van der Waals surface area contributed by atoms with Crippen molar-refractivity contribution >= 4 is 10.2 Å². The first kappa shape index (κ1) is 14.2. The van der Waals surface area contributed by atoms with Gasteiger partial charge in [-0.25, -0.2) is 0 Å². The monoisotopic (exact) mass is 276 g/mol. The Balaban J connectivity index is 2.05. The molecule has 2 fully saturated rings. The number of rotatable bonds is 3. The molecule has 0 bridgehead atoms. The van der Waals surface area contributed by atoms with E-state index in [9.17, 15) is 8.42 Å². The van der Waals surface area contributed by atoms with Gasteiger partial charge in [0.1, 0.15) is 0 Å². The highest BCUT2D eigenvalue weighted by atomic mass is 32.2. The van der Waals surface area contributed by atoms with Crippen molar-refractivity contribution < 1.29 is 8.42 Å². The fraction of sp³-hybridized carbons (Fsp3) is 1.00. The van der Waals surface area contributed by atoms with Gasteiger partial charge < -0.3 is 10.2 Å². The Labute approximate surface area is 110 Å². The lowest BCUT2D eigenvalue weighted by Gasteiger charge is -2.40. The summed E-state index contributed by atoms with van der Waals surface area (Å²) in [6.45, 7) is 6.86. The third-order valence-corrected chi connectivity index (χ3v) is 5.94. The van der Waals surface area contributed by atoms with Crippen LogP contribution in [0.3, 0.4) is 0 Å². The molecule has 18 heavy (non-hydrogen) atoms. The molecule has 2 aliphatic rings. The van der Waals surface area contributed by atoms with Gasteiger partial charge in [0.05, 0.1) is 0 Å². The molecule has 2 aliphatic heterocycles. The standard InChI is InChI=1S/C11H24N4O2S/c1-3-11-10-15(9-8-13(11)2)18(16,17)14-6-4-12-5-7-14/h11-12H,3-10H2,1-2H3. The fourth-order valence-corrected chi connectivity index (χ4v) is 4.25. The van der Waals surface area contributed by atoms with Crippen LogP contribution in [0.5, 0.6) is 0 Å². The van der Waals surface area contributed by atoms with Gasteiger partial charge in [-0.2, -0.15) is 17.0 Å². The van der Waals surface area contributed by atoms with E-state index in [1.165, 1.54) is 0 Å². The van der Waals surface area contributed by atoms with Crippen LogP contribution in [-0.4, -0.2) is 80.8 Å². The molecule has 0 radical (unpaired) electrons. The van der Waals surface area contributed by atoms with Crippen molar-refractivity contribution in [1.82, 2.24) is 18.8 Å². The summed E-state index contributed by atoms with van der Waals surface area (Å²) in [7, 11) is -1.18. The fourth-order valence-electron chi connectivity index (χ4n) is 2.61. The summed E-state index contributed by atoms with van der Waals surface area (Å²) in [6, 6.07) is 0.344. The molecule has 0 aliphatic carbocycles. The Morgan fingerprint density at radius 1 is 1.11 bits per heavy atom. The van der Waals surface area contributed by atoms with Gasteiger partial charge in [-0.05, 0) is 13.5 Å².